The number of nitrogens with one attached hydrogen (secondary N) is 2. The van der Waals surface area contributed by atoms with Crippen molar-refractivity contribution < 1.29 is 29.0 Å². The van der Waals surface area contributed by atoms with Crippen LogP contribution >= 0.6 is 0 Å². The van der Waals surface area contributed by atoms with Crippen LogP contribution in [0.5, 0.6) is 0 Å². The molecule has 0 bridgehead atoms. The summed E-state index contributed by atoms with van der Waals surface area (Å²) in [5.41, 5.74) is 4.48. The SMILES string of the molecule is COCC(NC(=O)OCC1c2ccccc2-c2ccccc21)C(=O)N[C@H]1CCC[C@@H](C(=O)O)C1. The van der Waals surface area contributed by atoms with Gasteiger partial charge in [0, 0.05) is 19.1 Å². The molecule has 2 aromatic carbocycles. The molecule has 34 heavy (non-hydrogen) atoms. The topological polar surface area (TPSA) is 114 Å². The number of hydrogen-bond acceptors (Lipinski definition) is 5. The Balaban J connectivity index is 1.35. The number of amides is 2. The predicted molar refractivity (Wildman–Crippen MR) is 125 cm³/mol. The molecule has 0 aromatic heterocycles. The lowest BCUT2D eigenvalue weighted by Gasteiger charge is -2.29. The Bertz CT molecular complexity index is 1010. The van der Waals surface area contributed by atoms with Gasteiger partial charge in [0.2, 0.25) is 5.91 Å². The van der Waals surface area contributed by atoms with Gasteiger partial charge in [-0.1, -0.05) is 55.0 Å². The van der Waals surface area contributed by atoms with Crippen molar-refractivity contribution >= 4 is 18.0 Å². The van der Waals surface area contributed by atoms with E-state index in [9.17, 15) is 19.5 Å². The predicted octanol–water partition coefficient (Wildman–Crippen LogP) is 3.30. The average Bonchev–Trinajstić information content (AvgIpc) is 3.16. The van der Waals surface area contributed by atoms with Crippen molar-refractivity contribution in [2.45, 2.75) is 43.7 Å². The van der Waals surface area contributed by atoms with E-state index in [0.29, 0.717) is 19.3 Å². The minimum atomic E-state index is -0.939. The van der Waals surface area contributed by atoms with Crippen LogP contribution in [0.2, 0.25) is 0 Å². The molecular weight excluding hydrogens is 436 g/mol. The van der Waals surface area contributed by atoms with Gasteiger partial charge in [-0.3, -0.25) is 9.59 Å². The number of rotatable bonds is 8. The third-order valence-corrected chi connectivity index (χ3v) is 6.66. The number of hydrogen-bond donors (Lipinski definition) is 3. The van der Waals surface area contributed by atoms with Crippen LogP contribution in [0, 0.1) is 5.92 Å². The molecule has 8 heteroatoms. The molecular formula is C26H30N2O6. The van der Waals surface area contributed by atoms with Crippen LogP contribution in [0.3, 0.4) is 0 Å². The summed E-state index contributed by atoms with van der Waals surface area (Å²) in [6.45, 7) is 0.120. The highest BCUT2D eigenvalue weighted by atomic mass is 16.5. The van der Waals surface area contributed by atoms with Gasteiger partial charge in [0.25, 0.3) is 0 Å². The number of carbonyl (C=O) groups is 3. The number of carbonyl (C=O) groups excluding carboxylic acids is 2. The van der Waals surface area contributed by atoms with E-state index >= 15 is 0 Å². The van der Waals surface area contributed by atoms with Crippen molar-refractivity contribution in [2.24, 2.45) is 5.92 Å². The summed E-state index contributed by atoms with van der Waals surface area (Å²) in [6.07, 6.45) is 1.73. The fourth-order valence-corrected chi connectivity index (χ4v) is 4.98. The highest BCUT2D eigenvalue weighted by Gasteiger charge is 2.32. The Morgan fingerprint density at radius 3 is 2.29 bits per heavy atom. The second-order valence-corrected chi connectivity index (χ2v) is 8.89. The van der Waals surface area contributed by atoms with E-state index in [0.717, 1.165) is 28.7 Å². The lowest BCUT2D eigenvalue weighted by atomic mass is 9.85. The molecule has 8 nitrogen and oxygen atoms in total. The standard InChI is InChI=1S/C26H30N2O6/c1-33-15-23(24(29)27-17-8-6-7-16(13-17)25(30)31)28-26(32)34-14-22-20-11-4-2-9-18(20)19-10-3-5-12-21(19)22/h2-5,9-12,16-17,22-23H,6-8,13-15H2,1H3,(H,27,29)(H,28,32)(H,30,31)/t16-,17+,23?/m1/s1. The molecule has 1 saturated carbocycles. The van der Waals surface area contributed by atoms with Crippen molar-refractivity contribution in [3.8, 4) is 11.1 Å². The first kappa shape index (κ1) is 23.8. The zero-order chi connectivity index (χ0) is 24.1. The van der Waals surface area contributed by atoms with Crippen LogP contribution in [0.15, 0.2) is 48.5 Å². The molecule has 0 heterocycles. The number of benzene rings is 2. The molecule has 0 radical (unpaired) electrons. The molecule has 1 fully saturated rings. The summed E-state index contributed by atoms with van der Waals surface area (Å²) < 4.78 is 10.7. The Labute approximate surface area is 198 Å². The normalized spacial score (nSPS) is 20.0. The number of carboxylic acid groups (broad SMARTS) is 1. The first-order valence-corrected chi connectivity index (χ1v) is 11.6. The first-order valence-electron chi connectivity index (χ1n) is 11.6. The van der Waals surface area contributed by atoms with Gasteiger partial charge in [0.15, 0.2) is 0 Å². The fraction of sp³-hybridized carbons (Fsp3) is 0.423. The van der Waals surface area contributed by atoms with Crippen LogP contribution in [0.25, 0.3) is 11.1 Å². The minimum Gasteiger partial charge on any atom is -0.481 e. The molecule has 2 aliphatic rings. The molecule has 2 aliphatic carbocycles. The second kappa shape index (κ2) is 10.7. The van der Waals surface area contributed by atoms with Gasteiger partial charge in [-0.25, -0.2) is 4.79 Å². The van der Waals surface area contributed by atoms with Crippen LogP contribution in [0.4, 0.5) is 4.79 Å². The summed E-state index contributed by atoms with van der Waals surface area (Å²) in [5, 5.41) is 14.7. The maximum Gasteiger partial charge on any atom is 0.407 e. The Kier molecular flexibility index (Phi) is 7.47. The molecule has 4 rings (SSSR count). The van der Waals surface area contributed by atoms with E-state index in [-0.39, 0.29) is 25.2 Å². The number of alkyl carbamates (subject to hydrolysis) is 1. The zero-order valence-corrected chi connectivity index (χ0v) is 19.2. The van der Waals surface area contributed by atoms with Gasteiger partial charge < -0.3 is 25.2 Å². The molecule has 3 N–H and O–H groups in total. The van der Waals surface area contributed by atoms with Crippen LogP contribution in [-0.4, -0.2) is 55.5 Å². The summed E-state index contributed by atoms with van der Waals surface area (Å²) in [5.74, 6) is -1.80. The summed E-state index contributed by atoms with van der Waals surface area (Å²) in [7, 11) is 1.45. The number of carboxylic acids is 1. The van der Waals surface area contributed by atoms with Gasteiger partial charge >= 0.3 is 12.1 Å². The highest BCUT2D eigenvalue weighted by molar-refractivity contribution is 5.86. The van der Waals surface area contributed by atoms with E-state index in [1.807, 2.05) is 36.4 Å². The third-order valence-electron chi connectivity index (χ3n) is 6.66. The smallest absolute Gasteiger partial charge is 0.407 e. The van der Waals surface area contributed by atoms with Crippen LogP contribution in [0.1, 0.15) is 42.7 Å². The van der Waals surface area contributed by atoms with Gasteiger partial charge in [0.05, 0.1) is 12.5 Å². The van der Waals surface area contributed by atoms with Crippen molar-refractivity contribution in [3.63, 3.8) is 0 Å². The zero-order valence-electron chi connectivity index (χ0n) is 19.2. The fourth-order valence-electron chi connectivity index (χ4n) is 4.98. The molecule has 0 spiro atoms. The van der Waals surface area contributed by atoms with E-state index < -0.39 is 29.9 Å². The monoisotopic (exact) mass is 466 g/mol. The van der Waals surface area contributed by atoms with Crippen LogP contribution in [-0.2, 0) is 19.1 Å². The molecule has 2 amide bonds. The first-order chi connectivity index (χ1) is 16.5. The Morgan fingerprint density at radius 1 is 1.03 bits per heavy atom. The van der Waals surface area contributed by atoms with Gasteiger partial charge in [-0.15, -0.1) is 0 Å². The van der Waals surface area contributed by atoms with Crippen molar-refractivity contribution in [2.75, 3.05) is 20.3 Å². The van der Waals surface area contributed by atoms with Gasteiger partial charge in [-0.05, 0) is 41.5 Å². The highest BCUT2D eigenvalue weighted by Crippen LogP contribution is 2.44. The van der Waals surface area contributed by atoms with Crippen LogP contribution < -0.4 is 10.6 Å². The number of aliphatic carboxylic acids is 1. The van der Waals surface area contributed by atoms with E-state index in [4.69, 9.17) is 9.47 Å². The molecule has 2 aromatic rings. The Hall–Kier alpha value is -3.39. The van der Waals surface area contributed by atoms with E-state index in [1.54, 1.807) is 0 Å². The summed E-state index contributed by atoms with van der Waals surface area (Å²) in [6, 6.07) is 14.9. The molecule has 1 unspecified atom stereocenters. The average molecular weight is 467 g/mol. The largest absolute Gasteiger partial charge is 0.481 e. The minimum absolute atomic E-state index is 0.0227. The van der Waals surface area contributed by atoms with E-state index in [2.05, 4.69) is 22.8 Å². The van der Waals surface area contributed by atoms with Crippen molar-refractivity contribution in [3.05, 3.63) is 59.7 Å². The quantitative estimate of drug-likeness (QED) is 0.550. The molecule has 0 saturated heterocycles. The molecule has 0 aliphatic heterocycles. The van der Waals surface area contributed by atoms with Gasteiger partial charge in [-0.2, -0.15) is 0 Å². The summed E-state index contributed by atoms with van der Waals surface area (Å²) in [4.78, 5) is 36.7. The number of ether oxygens (including phenoxy) is 2. The van der Waals surface area contributed by atoms with Crippen molar-refractivity contribution in [1.29, 1.82) is 0 Å². The lowest BCUT2D eigenvalue weighted by molar-refractivity contribution is -0.143. The maximum atomic E-state index is 12.8. The van der Waals surface area contributed by atoms with Gasteiger partial charge in [0.1, 0.15) is 12.6 Å². The lowest BCUT2D eigenvalue weighted by Crippen LogP contribution is -2.52. The summed E-state index contributed by atoms with van der Waals surface area (Å²) >= 11 is 0. The third kappa shape index (κ3) is 5.22. The van der Waals surface area contributed by atoms with Crippen molar-refractivity contribution in [1.82, 2.24) is 10.6 Å². The molecule has 3 atom stereocenters. The Morgan fingerprint density at radius 2 is 1.68 bits per heavy atom. The molecule has 180 valence electrons. The van der Waals surface area contributed by atoms with E-state index in [1.165, 1.54) is 7.11 Å². The number of fused-ring (bicyclic) bond motifs is 3. The second-order valence-electron chi connectivity index (χ2n) is 8.89. The number of methoxy groups -OCH3 is 1. The maximum absolute atomic E-state index is 12.8.